The van der Waals surface area contributed by atoms with E-state index in [9.17, 15) is 18.0 Å². The van der Waals surface area contributed by atoms with Gasteiger partial charge in [-0.05, 0) is 30.9 Å². The summed E-state index contributed by atoms with van der Waals surface area (Å²) in [6, 6.07) is 7.90. The van der Waals surface area contributed by atoms with Crippen molar-refractivity contribution in [2.24, 2.45) is 5.92 Å². The number of nitrogens with one attached hydrogen (secondary N) is 1. The fourth-order valence-corrected chi connectivity index (χ4v) is 5.00. The minimum absolute atomic E-state index is 0.0897. The molecule has 1 N–H and O–H groups in total. The first-order valence-electron chi connectivity index (χ1n) is 10.9. The quantitative estimate of drug-likeness (QED) is 0.542. The standard InChI is InChI=1S/C22H28N6O4S/c1-16-5-3-4-6-18(16)14-26-15-24-20-19(22(26)30)13-25-28(20)12-9-23-21(29)17-7-10-27(11-8-17)33(2,31)32/h3-6,13,15,17H,7-12,14H2,1-2H3,(H,23,29). The summed E-state index contributed by atoms with van der Waals surface area (Å²) in [5, 5.41) is 7.62. The number of carbonyl (C=O) groups excluding carboxylic acids is 1. The van der Waals surface area contributed by atoms with Gasteiger partial charge in [-0.25, -0.2) is 22.4 Å². The summed E-state index contributed by atoms with van der Waals surface area (Å²) in [6.45, 7) is 3.89. The van der Waals surface area contributed by atoms with Crippen LogP contribution in [0.3, 0.4) is 0 Å². The third-order valence-electron chi connectivity index (χ3n) is 6.14. The Hall–Kier alpha value is -3.05. The number of sulfonamides is 1. The number of hydrogen-bond donors (Lipinski definition) is 1. The van der Waals surface area contributed by atoms with E-state index in [2.05, 4.69) is 15.4 Å². The zero-order valence-electron chi connectivity index (χ0n) is 18.8. The van der Waals surface area contributed by atoms with E-state index >= 15 is 0 Å². The average molecular weight is 473 g/mol. The van der Waals surface area contributed by atoms with Crippen molar-refractivity contribution < 1.29 is 13.2 Å². The Morgan fingerprint density at radius 3 is 2.64 bits per heavy atom. The first kappa shape index (κ1) is 23.1. The van der Waals surface area contributed by atoms with E-state index in [1.165, 1.54) is 23.1 Å². The monoisotopic (exact) mass is 472 g/mol. The van der Waals surface area contributed by atoms with Crippen LogP contribution in [-0.4, -0.2) is 63.9 Å². The molecular formula is C22H28N6O4S. The van der Waals surface area contributed by atoms with Crippen LogP contribution < -0.4 is 10.9 Å². The number of nitrogens with zero attached hydrogens (tertiary/aromatic N) is 5. The predicted octanol–water partition coefficient (Wildman–Crippen LogP) is 0.738. The van der Waals surface area contributed by atoms with Crippen molar-refractivity contribution >= 4 is 27.0 Å². The zero-order chi connectivity index (χ0) is 23.6. The molecule has 0 bridgehead atoms. The molecule has 1 aliphatic heterocycles. The second kappa shape index (κ2) is 9.44. The molecule has 0 atom stereocenters. The molecule has 1 saturated heterocycles. The van der Waals surface area contributed by atoms with E-state index in [-0.39, 0.29) is 17.4 Å². The minimum Gasteiger partial charge on any atom is -0.354 e. The highest BCUT2D eigenvalue weighted by molar-refractivity contribution is 7.88. The van der Waals surface area contributed by atoms with Crippen LogP contribution >= 0.6 is 0 Å². The summed E-state index contributed by atoms with van der Waals surface area (Å²) >= 11 is 0. The number of carbonyl (C=O) groups is 1. The number of piperidine rings is 1. The Kier molecular flexibility index (Phi) is 6.61. The molecule has 1 aliphatic rings. The number of amides is 1. The number of rotatable bonds is 7. The summed E-state index contributed by atoms with van der Waals surface area (Å²) in [5.74, 6) is -0.294. The van der Waals surface area contributed by atoms with Crippen molar-refractivity contribution in [1.29, 1.82) is 0 Å². The fourth-order valence-electron chi connectivity index (χ4n) is 4.12. The highest BCUT2D eigenvalue weighted by atomic mass is 32.2. The van der Waals surface area contributed by atoms with Crippen molar-refractivity contribution in [3.63, 3.8) is 0 Å². The van der Waals surface area contributed by atoms with Crippen molar-refractivity contribution in [3.05, 3.63) is 58.3 Å². The van der Waals surface area contributed by atoms with Gasteiger partial charge in [-0.15, -0.1) is 0 Å². The molecule has 11 heteroatoms. The van der Waals surface area contributed by atoms with Gasteiger partial charge in [0.25, 0.3) is 5.56 Å². The van der Waals surface area contributed by atoms with Gasteiger partial charge in [0, 0.05) is 25.6 Å². The highest BCUT2D eigenvalue weighted by Gasteiger charge is 2.28. The smallest absolute Gasteiger partial charge is 0.264 e. The number of hydrogen-bond acceptors (Lipinski definition) is 6. The summed E-state index contributed by atoms with van der Waals surface area (Å²) < 4.78 is 27.8. The Bertz CT molecular complexity index is 1320. The van der Waals surface area contributed by atoms with Crippen LogP contribution in [-0.2, 0) is 27.9 Å². The molecule has 176 valence electrons. The topological polar surface area (TPSA) is 119 Å². The molecule has 0 aliphatic carbocycles. The molecule has 1 amide bonds. The molecule has 3 heterocycles. The maximum Gasteiger partial charge on any atom is 0.264 e. The third kappa shape index (κ3) is 5.14. The van der Waals surface area contributed by atoms with E-state index in [1.54, 1.807) is 9.25 Å². The van der Waals surface area contributed by atoms with Crippen LogP contribution in [0.5, 0.6) is 0 Å². The lowest BCUT2D eigenvalue weighted by molar-refractivity contribution is -0.126. The van der Waals surface area contributed by atoms with Gasteiger partial charge in [0.2, 0.25) is 15.9 Å². The number of fused-ring (bicyclic) bond motifs is 1. The average Bonchev–Trinajstić information content (AvgIpc) is 3.20. The molecule has 10 nitrogen and oxygen atoms in total. The molecule has 0 saturated carbocycles. The van der Waals surface area contributed by atoms with Crippen molar-refractivity contribution in [1.82, 2.24) is 29.0 Å². The van der Waals surface area contributed by atoms with E-state index in [0.29, 0.717) is 56.6 Å². The van der Waals surface area contributed by atoms with Gasteiger partial charge >= 0.3 is 0 Å². The summed E-state index contributed by atoms with van der Waals surface area (Å²) in [7, 11) is -3.21. The molecular weight excluding hydrogens is 444 g/mol. The molecule has 0 radical (unpaired) electrons. The Morgan fingerprint density at radius 1 is 1.21 bits per heavy atom. The van der Waals surface area contributed by atoms with Gasteiger partial charge in [-0.3, -0.25) is 14.2 Å². The normalized spacial score (nSPS) is 15.7. The second-order valence-electron chi connectivity index (χ2n) is 8.44. The van der Waals surface area contributed by atoms with Gasteiger partial charge in [0.1, 0.15) is 11.7 Å². The van der Waals surface area contributed by atoms with Crippen LogP contribution in [0.4, 0.5) is 0 Å². The molecule has 1 aromatic carbocycles. The van der Waals surface area contributed by atoms with Gasteiger partial charge < -0.3 is 5.32 Å². The molecule has 33 heavy (non-hydrogen) atoms. The lowest BCUT2D eigenvalue weighted by atomic mass is 9.97. The molecule has 1 fully saturated rings. The van der Waals surface area contributed by atoms with Crippen LogP contribution in [0.15, 0.2) is 41.6 Å². The number of benzene rings is 1. The molecule has 0 unspecified atom stereocenters. The fraction of sp³-hybridized carbons (Fsp3) is 0.455. The Balaban J connectivity index is 1.36. The Labute approximate surface area is 192 Å². The molecule has 4 rings (SSSR count). The van der Waals surface area contributed by atoms with E-state index in [1.807, 2.05) is 31.2 Å². The SMILES string of the molecule is Cc1ccccc1Cn1cnc2c(cnn2CCNC(=O)C2CCN(S(C)(=O)=O)CC2)c1=O. The minimum atomic E-state index is -3.21. The number of aromatic nitrogens is 4. The van der Waals surface area contributed by atoms with E-state index < -0.39 is 10.0 Å². The second-order valence-corrected chi connectivity index (χ2v) is 10.4. The maximum absolute atomic E-state index is 12.9. The lowest BCUT2D eigenvalue weighted by Crippen LogP contribution is -2.43. The summed E-state index contributed by atoms with van der Waals surface area (Å²) in [5.41, 5.74) is 2.49. The van der Waals surface area contributed by atoms with Gasteiger partial charge in [0.15, 0.2) is 5.65 Å². The van der Waals surface area contributed by atoms with Crippen LogP contribution in [0, 0.1) is 12.8 Å². The maximum atomic E-state index is 12.9. The van der Waals surface area contributed by atoms with Gasteiger partial charge in [0.05, 0.1) is 25.5 Å². The molecule has 2 aromatic heterocycles. The van der Waals surface area contributed by atoms with Crippen molar-refractivity contribution in [2.75, 3.05) is 25.9 Å². The first-order chi connectivity index (χ1) is 15.7. The van der Waals surface area contributed by atoms with Crippen molar-refractivity contribution in [3.8, 4) is 0 Å². The largest absolute Gasteiger partial charge is 0.354 e. The van der Waals surface area contributed by atoms with E-state index in [4.69, 9.17) is 0 Å². The first-order valence-corrected chi connectivity index (χ1v) is 12.8. The third-order valence-corrected chi connectivity index (χ3v) is 7.44. The van der Waals surface area contributed by atoms with Gasteiger partial charge in [-0.2, -0.15) is 5.10 Å². The molecule has 0 spiro atoms. The zero-order valence-corrected chi connectivity index (χ0v) is 19.6. The Morgan fingerprint density at radius 2 is 1.94 bits per heavy atom. The molecule has 3 aromatic rings. The summed E-state index contributed by atoms with van der Waals surface area (Å²) in [6.07, 6.45) is 5.25. The summed E-state index contributed by atoms with van der Waals surface area (Å²) in [4.78, 5) is 29.8. The van der Waals surface area contributed by atoms with Crippen molar-refractivity contribution in [2.45, 2.75) is 32.9 Å². The number of aryl methyl sites for hydroxylation is 1. The van der Waals surface area contributed by atoms with Crippen LogP contribution in [0.25, 0.3) is 11.0 Å². The van der Waals surface area contributed by atoms with Gasteiger partial charge in [-0.1, -0.05) is 24.3 Å². The predicted molar refractivity (Wildman–Crippen MR) is 124 cm³/mol. The highest BCUT2D eigenvalue weighted by Crippen LogP contribution is 2.19. The van der Waals surface area contributed by atoms with Crippen LogP contribution in [0.1, 0.15) is 24.0 Å². The lowest BCUT2D eigenvalue weighted by Gasteiger charge is -2.29. The van der Waals surface area contributed by atoms with E-state index in [0.717, 1.165) is 11.1 Å². The van der Waals surface area contributed by atoms with Crippen LogP contribution in [0.2, 0.25) is 0 Å².